The minimum absolute atomic E-state index is 0.0752. The second kappa shape index (κ2) is 12.1. The van der Waals surface area contributed by atoms with E-state index in [4.69, 9.17) is 4.74 Å². The van der Waals surface area contributed by atoms with Crippen LogP contribution in [0.1, 0.15) is 76.4 Å². The molecule has 2 aromatic rings. The van der Waals surface area contributed by atoms with Gasteiger partial charge in [0.25, 0.3) is 11.8 Å². The van der Waals surface area contributed by atoms with E-state index in [1.165, 1.54) is 4.90 Å². The highest BCUT2D eigenvalue weighted by molar-refractivity contribution is 6.21. The van der Waals surface area contributed by atoms with Gasteiger partial charge in [0.05, 0.1) is 42.2 Å². The number of carboxylic acids is 1. The predicted octanol–water partition coefficient (Wildman–Crippen LogP) is 3.20. The van der Waals surface area contributed by atoms with Gasteiger partial charge in [-0.15, -0.1) is 0 Å². The van der Waals surface area contributed by atoms with Crippen LogP contribution in [0.15, 0.2) is 42.5 Å². The fourth-order valence-electron chi connectivity index (χ4n) is 6.37. The SMILES string of the molecule is CNC(=O)CCCOc1cccc2c1[C@@H](CN1C(=O)c3ccccc3C1=O)N(C(=O)[C@@H]1CCCC[C@@H]1C(=O)O)CC2. The number of hydrogen-bond acceptors (Lipinski definition) is 6. The number of benzene rings is 2. The number of rotatable bonds is 9. The Labute approximate surface area is 238 Å². The van der Waals surface area contributed by atoms with Crippen molar-refractivity contribution in [2.45, 2.75) is 51.0 Å². The van der Waals surface area contributed by atoms with Crippen LogP contribution in [-0.4, -0.2) is 71.2 Å². The zero-order chi connectivity index (χ0) is 29.1. The summed E-state index contributed by atoms with van der Waals surface area (Å²) >= 11 is 0. The Balaban J connectivity index is 1.49. The quantitative estimate of drug-likeness (QED) is 0.355. The Bertz CT molecular complexity index is 1340. The molecular weight excluding hydrogens is 526 g/mol. The maximum Gasteiger partial charge on any atom is 0.307 e. The Hall–Kier alpha value is -4.21. The van der Waals surface area contributed by atoms with Crippen LogP contribution >= 0.6 is 0 Å². The minimum atomic E-state index is -0.975. The summed E-state index contributed by atoms with van der Waals surface area (Å²) in [6.45, 7) is 0.526. The molecule has 3 atom stereocenters. The van der Waals surface area contributed by atoms with Crippen molar-refractivity contribution in [2.24, 2.45) is 11.8 Å². The van der Waals surface area contributed by atoms with Crippen molar-refractivity contribution in [3.05, 3.63) is 64.7 Å². The first-order chi connectivity index (χ1) is 19.8. The summed E-state index contributed by atoms with van der Waals surface area (Å²) in [5.74, 6) is -3.09. The lowest BCUT2D eigenvalue weighted by Gasteiger charge is -2.42. The highest BCUT2D eigenvalue weighted by atomic mass is 16.5. The van der Waals surface area contributed by atoms with Crippen molar-refractivity contribution in [1.29, 1.82) is 0 Å². The van der Waals surface area contributed by atoms with Gasteiger partial charge in [0.1, 0.15) is 5.75 Å². The van der Waals surface area contributed by atoms with Crippen molar-refractivity contribution in [3.8, 4) is 5.75 Å². The van der Waals surface area contributed by atoms with E-state index >= 15 is 0 Å². The highest BCUT2D eigenvalue weighted by Gasteiger charge is 2.45. The van der Waals surface area contributed by atoms with Gasteiger partial charge >= 0.3 is 5.97 Å². The Morgan fingerprint density at radius 2 is 1.66 bits per heavy atom. The van der Waals surface area contributed by atoms with E-state index < -0.39 is 35.7 Å². The lowest BCUT2D eigenvalue weighted by Crippen LogP contribution is -2.50. The van der Waals surface area contributed by atoms with Crippen LogP contribution < -0.4 is 10.1 Å². The number of amides is 4. The Morgan fingerprint density at radius 3 is 2.32 bits per heavy atom. The first-order valence-corrected chi connectivity index (χ1v) is 14.3. The molecule has 10 heteroatoms. The number of nitrogens with one attached hydrogen (secondary N) is 1. The monoisotopic (exact) mass is 561 g/mol. The molecule has 1 saturated carbocycles. The van der Waals surface area contributed by atoms with Crippen LogP contribution in [0.25, 0.3) is 0 Å². The molecule has 2 aromatic carbocycles. The summed E-state index contributed by atoms with van der Waals surface area (Å²) in [4.78, 5) is 67.4. The van der Waals surface area contributed by atoms with Gasteiger partial charge in [0, 0.05) is 25.6 Å². The average molecular weight is 562 g/mol. The van der Waals surface area contributed by atoms with E-state index in [2.05, 4.69) is 5.32 Å². The van der Waals surface area contributed by atoms with E-state index in [-0.39, 0.29) is 25.0 Å². The molecule has 2 aliphatic heterocycles. The smallest absolute Gasteiger partial charge is 0.307 e. The summed E-state index contributed by atoms with van der Waals surface area (Å²) in [5, 5.41) is 12.5. The van der Waals surface area contributed by atoms with Gasteiger partial charge in [-0.25, -0.2) is 0 Å². The van der Waals surface area contributed by atoms with E-state index in [1.54, 1.807) is 42.3 Å². The van der Waals surface area contributed by atoms with Crippen molar-refractivity contribution in [2.75, 3.05) is 26.7 Å². The average Bonchev–Trinajstić information content (AvgIpc) is 3.23. The van der Waals surface area contributed by atoms with Gasteiger partial charge in [-0.2, -0.15) is 0 Å². The first-order valence-electron chi connectivity index (χ1n) is 14.3. The third-order valence-corrected chi connectivity index (χ3v) is 8.49. The number of imide groups is 1. The maximum atomic E-state index is 14.1. The van der Waals surface area contributed by atoms with Gasteiger partial charge in [-0.05, 0) is 49.4 Å². The van der Waals surface area contributed by atoms with Crippen molar-refractivity contribution in [1.82, 2.24) is 15.1 Å². The highest BCUT2D eigenvalue weighted by Crippen LogP contribution is 2.41. The number of carboxylic acid groups (broad SMARTS) is 1. The number of carbonyl (C=O) groups is 5. The van der Waals surface area contributed by atoms with E-state index in [9.17, 15) is 29.1 Å². The van der Waals surface area contributed by atoms with Crippen LogP contribution in [0.3, 0.4) is 0 Å². The number of fused-ring (bicyclic) bond motifs is 2. The molecule has 0 radical (unpaired) electrons. The number of carbonyl (C=O) groups excluding carboxylic acids is 4. The number of hydrogen-bond donors (Lipinski definition) is 2. The summed E-state index contributed by atoms with van der Waals surface area (Å²) in [6.07, 6.45) is 3.77. The van der Waals surface area contributed by atoms with Gasteiger partial charge < -0.3 is 20.1 Å². The molecule has 0 bridgehead atoms. The fourth-order valence-corrected chi connectivity index (χ4v) is 6.37. The first kappa shape index (κ1) is 28.3. The molecule has 0 spiro atoms. The topological polar surface area (TPSA) is 133 Å². The molecule has 216 valence electrons. The number of ether oxygens (including phenoxy) is 1. The largest absolute Gasteiger partial charge is 0.493 e. The zero-order valence-corrected chi connectivity index (χ0v) is 23.1. The number of nitrogens with zero attached hydrogens (tertiary/aromatic N) is 2. The van der Waals surface area contributed by atoms with Gasteiger partial charge in [0.15, 0.2) is 0 Å². The molecular formula is C31H35N3O7. The van der Waals surface area contributed by atoms with E-state index in [0.29, 0.717) is 61.1 Å². The lowest BCUT2D eigenvalue weighted by molar-refractivity contribution is -0.153. The molecule has 41 heavy (non-hydrogen) atoms. The van der Waals surface area contributed by atoms with Crippen LogP contribution in [0.2, 0.25) is 0 Å². The number of aliphatic carboxylic acids is 1. The van der Waals surface area contributed by atoms with E-state index in [1.807, 2.05) is 12.1 Å². The third kappa shape index (κ3) is 5.55. The third-order valence-electron chi connectivity index (χ3n) is 8.49. The zero-order valence-electron chi connectivity index (χ0n) is 23.1. The van der Waals surface area contributed by atoms with Gasteiger partial charge in [0.2, 0.25) is 11.8 Å². The summed E-state index contributed by atoms with van der Waals surface area (Å²) < 4.78 is 6.14. The molecule has 3 aliphatic rings. The minimum Gasteiger partial charge on any atom is -0.493 e. The van der Waals surface area contributed by atoms with Crippen molar-refractivity contribution >= 4 is 29.6 Å². The van der Waals surface area contributed by atoms with Gasteiger partial charge in [-0.1, -0.05) is 37.1 Å². The van der Waals surface area contributed by atoms with Crippen LogP contribution in [0.5, 0.6) is 5.75 Å². The Morgan fingerprint density at radius 1 is 0.976 bits per heavy atom. The lowest BCUT2D eigenvalue weighted by atomic mass is 9.77. The van der Waals surface area contributed by atoms with E-state index in [0.717, 1.165) is 18.4 Å². The Kier molecular flexibility index (Phi) is 8.37. The molecule has 1 fully saturated rings. The summed E-state index contributed by atoms with van der Waals surface area (Å²) in [5.41, 5.74) is 2.30. The van der Waals surface area contributed by atoms with Crippen molar-refractivity contribution < 1.29 is 33.8 Å². The fraction of sp³-hybridized carbons (Fsp3) is 0.452. The van der Waals surface area contributed by atoms with Crippen LogP contribution in [0, 0.1) is 11.8 Å². The van der Waals surface area contributed by atoms with Crippen molar-refractivity contribution in [3.63, 3.8) is 0 Å². The molecule has 2 heterocycles. The van der Waals surface area contributed by atoms with Crippen LogP contribution in [-0.2, 0) is 20.8 Å². The molecule has 1 aliphatic carbocycles. The molecule has 2 N–H and O–H groups in total. The molecule has 5 rings (SSSR count). The molecule has 4 amide bonds. The van der Waals surface area contributed by atoms with Gasteiger partial charge in [-0.3, -0.25) is 28.9 Å². The predicted molar refractivity (Wildman–Crippen MR) is 148 cm³/mol. The maximum absolute atomic E-state index is 14.1. The summed E-state index contributed by atoms with van der Waals surface area (Å²) in [7, 11) is 1.58. The molecule has 10 nitrogen and oxygen atoms in total. The molecule has 0 aromatic heterocycles. The summed E-state index contributed by atoms with van der Waals surface area (Å²) in [6, 6.07) is 11.6. The second-order valence-corrected chi connectivity index (χ2v) is 10.9. The molecule has 0 unspecified atom stereocenters. The standard InChI is InChI=1S/C31H35N3O7/c1-32-26(35)14-7-17-41-25-13-6-8-19-15-16-33(28(36)22-11-4-5-12-23(22)31(39)40)24(27(19)25)18-34-29(37)20-9-2-3-10-21(20)30(34)38/h2-3,6,8-10,13,22-24H,4-5,7,11-12,14-18H2,1H3,(H,32,35)(H,39,40)/t22-,23+,24-/m1/s1. The molecule has 0 saturated heterocycles. The normalized spacial score (nSPS) is 21.7. The van der Waals surface area contributed by atoms with Crippen LogP contribution in [0.4, 0.5) is 0 Å². The second-order valence-electron chi connectivity index (χ2n) is 10.9.